The third-order valence-corrected chi connectivity index (χ3v) is 3.47. The first-order chi connectivity index (χ1) is 9.99. The molecule has 1 heterocycles. The average molecular weight is 309 g/mol. The lowest BCUT2D eigenvalue weighted by Gasteiger charge is -2.13. The first kappa shape index (κ1) is 14.9. The largest absolute Gasteiger partial charge is 0.507 e. The van der Waals surface area contributed by atoms with Gasteiger partial charge in [-0.25, -0.2) is 0 Å². The number of carbonyl (C=O) groups excluding carboxylic acids is 4. The van der Waals surface area contributed by atoms with Crippen molar-refractivity contribution in [2.75, 3.05) is 12.3 Å². The molecule has 0 radical (unpaired) electrons. The zero-order valence-corrected chi connectivity index (χ0v) is 11.5. The molecule has 0 atom stereocenters. The summed E-state index contributed by atoms with van der Waals surface area (Å²) >= 11 is 0.816. The monoisotopic (exact) mass is 309 g/mol. The lowest BCUT2D eigenvalue weighted by Crippen LogP contribution is -2.47. The molecule has 2 rings (SSSR count). The molecule has 0 aromatic heterocycles. The average Bonchev–Trinajstić information content (AvgIpc) is 2.77. The van der Waals surface area contributed by atoms with Crippen molar-refractivity contribution in [3.63, 3.8) is 0 Å². The van der Waals surface area contributed by atoms with Crippen LogP contribution in [0.3, 0.4) is 0 Å². The number of hydrazine groups is 1. The lowest BCUT2D eigenvalue weighted by atomic mass is 10.2. The molecular formula is C12H11N3O5S. The van der Waals surface area contributed by atoms with E-state index >= 15 is 0 Å². The Morgan fingerprint density at radius 3 is 2.57 bits per heavy atom. The van der Waals surface area contributed by atoms with Crippen LogP contribution in [0.4, 0.5) is 4.79 Å². The standard InChI is InChI=1S/C12H11N3O5S/c16-8-4-2-1-3-7(8)11(19)14-13-9(17)5-15-10(18)6-21-12(15)20/h1-4,16H,5-6H2,(H,13,17)(H,14,19). The highest BCUT2D eigenvalue weighted by Crippen LogP contribution is 2.18. The Morgan fingerprint density at radius 2 is 1.95 bits per heavy atom. The Morgan fingerprint density at radius 1 is 1.24 bits per heavy atom. The highest BCUT2D eigenvalue weighted by molar-refractivity contribution is 8.14. The fraction of sp³-hybridized carbons (Fsp3) is 0.167. The molecular weight excluding hydrogens is 298 g/mol. The van der Waals surface area contributed by atoms with Crippen LogP contribution in [-0.4, -0.2) is 45.3 Å². The number of rotatable bonds is 3. The second-order valence-electron chi connectivity index (χ2n) is 4.05. The molecule has 3 N–H and O–H groups in total. The van der Waals surface area contributed by atoms with Gasteiger partial charge in [0, 0.05) is 0 Å². The van der Waals surface area contributed by atoms with Crippen LogP contribution in [0, 0.1) is 0 Å². The van der Waals surface area contributed by atoms with Gasteiger partial charge in [0.25, 0.3) is 17.1 Å². The van der Waals surface area contributed by atoms with E-state index in [1.54, 1.807) is 12.1 Å². The Kier molecular flexibility index (Phi) is 4.43. The molecule has 4 amide bonds. The molecule has 21 heavy (non-hydrogen) atoms. The fourth-order valence-electron chi connectivity index (χ4n) is 1.58. The molecule has 0 spiro atoms. The van der Waals surface area contributed by atoms with E-state index in [2.05, 4.69) is 10.9 Å². The fourth-order valence-corrected chi connectivity index (χ4v) is 2.30. The highest BCUT2D eigenvalue weighted by atomic mass is 32.2. The van der Waals surface area contributed by atoms with Crippen LogP contribution < -0.4 is 10.9 Å². The van der Waals surface area contributed by atoms with Gasteiger partial charge < -0.3 is 5.11 Å². The molecule has 9 heteroatoms. The summed E-state index contributed by atoms with van der Waals surface area (Å²) in [4.78, 5) is 46.7. The molecule has 1 aromatic rings. The summed E-state index contributed by atoms with van der Waals surface area (Å²) in [6, 6.07) is 5.80. The topological polar surface area (TPSA) is 116 Å². The summed E-state index contributed by atoms with van der Waals surface area (Å²) in [5, 5.41) is 8.97. The zero-order valence-electron chi connectivity index (χ0n) is 10.7. The van der Waals surface area contributed by atoms with Gasteiger partial charge in [-0.2, -0.15) is 0 Å². The van der Waals surface area contributed by atoms with Crippen molar-refractivity contribution in [1.29, 1.82) is 0 Å². The van der Waals surface area contributed by atoms with Crippen LogP contribution in [0.1, 0.15) is 10.4 Å². The van der Waals surface area contributed by atoms with Gasteiger partial charge >= 0.3 is 0 Å². The predicted molar refractivity (Wildman–Crippen MR) is 73.3 cm³/mol. The molecule has 1 aromatic carbocycles. The SMILES string of the molecule is O=C(CN1C(=O)CSC1=O)NNC(=O)c1ccccc1O. The molecule has 0 unspecified atom stereocenters. The molecule has 110 valence electrons. The number of phenols is 1. The van der Waals surface area contributed by atoms with Gasteiger partial charge in [-0.1, -0.05) is 23.9 Å². The maximum absolute atomic E-state index is 11.7. The minimum Gasteiger partial charge on any atom is -0.507 e. The van der Waals surface area contributed by atoms with Gasteiger partial charge in [0.05, 0.1) is 11.3 Å². The third-order valence-electron chi connectivity index (χ3n) is 2.61. The normalized spacial score (nSPS) is 14.2. The number of nitrogens with zero attached hydrogens (tertiary/aromatic N) is 1. The summed E-state index contributed by atoms with van der Waals surface area (Å²) in [6.45, 7) is -0.467. The van der Waals surface area contributed by atoms with Crippen molar-refractivity contribution in [3.05, 3.63) is 29.8 Å². The number of thioether (sulfide) groups is 1. The molecule has 8 nitrogen and oxygen atoms in total. The number of aromatic hydroxyl groups is 1. The van der Waals surface area contributed by atoms with E-state index in [9.17, 15) is 24.3 Å². The summed E-state index contributed by atoms with van der Waals surface area (Å²) in [5.74, 6) is -2.10. The Labute approximate surface area is 123 Å². The Hall–Kier alpha value is -2.55. The van der Waals surface area contributed by atoms with Crippen LogP contribution in [0.25, 0.3) is 0 Å². The molecule has 0 bridgehead atoms. The van der Waals surface area contributed by atoms with Crippen LogP contribution in [0.2, 0.25) is 0 Å². The van der Waals surface area contributed by atoms with Crippen molar-refractivity contribution in [1.82, 2.24) is 15.8 Å². The molecule has 1 fully saturated rings. The summed E-state index contributed by atoms with van der Waals surface area (Å²) in [7, 11) is 0. The number of benzene rings is 1. The number of hydrogen-bond donors (Lipinski definition) is 3. The number of imide groups is 1. The highest BCUT2D eigenvalue weighted by Gasteiger charge is 2.31. The van der Waals surface area contributed by atoms with E-state index in [1.165, 1.54) is 12.1 Å². The molecule has 0 aliphatic carbocycles. The number of carbonyl (C=O) groups is 4. The number of amides is 4. The van der Waals surface area contributed by atoms with E-state index in [0.717, 1.165) is 16.7 Å². The van der Waals surface area contributed by atoms with Crippen LogP contribution in [0.15, 0.2) is 24.3 Å². The van der Waals surface area contributed by atoms with Gasteiger partial charge in [0.1, 0.15) is 12.3 Å². The smallest absolute Gasteiger partial charge is 0.289 e. The summed E-state index contributed by atoms with van der Waals surface area (Å²) in [5.41, 5.74) is 4.15. The second-order valence-corrected chi connectivity index (χ2v) is 4.98. The lowest BCUT2D eigenvalue weighted by molar-refractivity contribution is -0.130. The van der Waals surface area contributed by atoms with Crippen molar-refractivity contribution in [2.24, 2.45) is 0 Å². The van der Waals surface area contributed by atoms with E-state index in [1.807, 2.05) is 0 Å². The second kappa shape index (κ2) is 6.27. The van der Waals surface area contributed by atoms with E-state index in [-0.39, 0.29) is 17.1 Å². The number of nitrogens with one attached hydrogen (secondary N) is 2. The van der Waals surface area contributed by atoms with E-state index in [4.69, 9.17) is 0 Å². The Bertz CT molecular complexity index is 603. The number of hydrogen-bond acceptors (Lipinski definition) is 6. The van der Waals surface area contributed by atoms with Gasteiger partial charge in [0.15, 0.2) is 0 Å². The summed E-state index contributed by atoms with van der Waals surface area (Å²) in [6.07, 6.45) is 0. The predicted octanol–water partition coefficient (Wildman–Crippen LogP) is -0.151. The molecule has 1 aliphatic heterocycles. The van der Waals surface area contributed by atoms with Gasteiger partial charge in [-0.15, -0.1) is 0 Å². The van der Waals surface area contributed by atoms with Crippen molar-refractivity contribution < 1.29 is 24.3 Å². The quantitative estimate of drug-likeness (QED) is 0.669. The minimum atomic E-state index is -0.719. The first-order valence-electron chi connectivity index (χ1n) is 5.83. The zero-order chi connectivity index (χ0) is 15.4. The maximum atomic E-state index is 11.7. The minimum absolute atomic E-state index is 0.0103. The van der Waals surface area contributed by atoms with Gasteiger partial charge in [0.2, 0.25) is 5.91 Å². The molecule has 1 aliphatic rings. The Balaban J connectivity index is 1.87. The van der Waals surface area contributed by atoms with E-state index in [0.29, 0.717) is 0 Å². The van der Waals surface area contributed by atoms with Crippen molar-refractivity contribution in [3.8, 4) is 5.75 Å². The molecule has 1 saturated heterocycles. The van der Waals surface area contributed by atoms with Crippen molar-refractivity contribution >= 4 is 34.7 Å². The van der Waals surface area contributed by atoms with Crippen molar-refractivity contribution in [2.45, 2.75) is 0 Å². The number of para-hydroxylation sites is 1. The first-order valence-corrected chi connectivity index (χ1v) is 6.82. The third kappa shape index (κ3) is 3.51. The number of phenolic OH excluding ortho intramolecular Hbond substituents is 1. The van der Waals surface area contributed by atoms with Gasteiger partial charge in [-0.3, -0.25) is 34.9 Å². The summed E-state index contributed by atoms with van der Waals surface area (Å²) < 4.78 is 0. The van der Waals surface area contributed by atoms with Crippen LogP contribution in [-0.2, 0) is 9.59 Å². The molecule has 0 saturated carbocycles. The van der Waals surface area contributed by atoms with Crippen LogP contribution >= 0.6 is 11.8 Å². The van der Waals surface area contributed by atoms with Gasteiger partial charge in [-0.05, 0) is 12.1 Å². The maximum Gasteiger partial charge on any atom is 0.289 e. The van der Waals surface area contributed by atoms with E-state index < -0.39 is 29.5 Å². The van der Waals surface area contributed by atoms with Crippen LogP contribution in [0.5, 0.6) is 5.75 Å².